The molecule has 2 N–H and O–H groups in total. The number of alkyl halides is 3. The van der Waals surface area contributed by atoms with Gasteiger partial charge in [-0.05, 0) is 25.0 Å². The number of hydrogen-bond donors (Lipinski definition) is 2. The first-order valence-electron chi connectivity index (χ1n) is 7.91. The van der Waals surface area contributed by atoms with Crippen LogP contribution in [0.2, 0.25) is 0 Å². The summed E-state index contributed by atoms with van der Waals surface area (Å²) in [6.45, 7) is 5.61. The number of benzene rings is 1. The summed E-state index contributed by atoms with van der Waals surface area (Å²) in [5, 5.41) is 15.9. The fraction of sp³-hybridized carbons (Fsp3) is 0.353. The quantitative estimate of drug-likeness (QED) is 0.687. The van der Waals surface area contributed by atoms with E-state index in [-0.39, 0.29) is 5.92 Å². The van der Waals surface area contributed by atoms with Crippen LogP contribution in [0, 0.1) is 12.8 Å². The highest BCUT2D eigenvalue weighted by Gasteiger charge is 2.30. The summed E-state index contributed by atoms with van der Waals surface area (Å²) < 4.78 is 41.7. The minimum absolute atomic E-state index is 0.0598. The molecule has 0 radical (unpaired) electrons. The maximum Gasteiger partial charge on any atom is 0.416 e. The SMILES string of the molecule is Cc1nc(-c2ccc(C(F)(F)F)cc2)sc1C(O)C(C)C.O=c1cn[nH]o1. The molecule has 6 nitrogen and oxygen atoms in total. The van der Waals surface area contributed by atoms with E-state index in [1.54, 1.807) is 6.92 Å². The van der Waals surface area contributed by atoms with Crippen LogP contribution in [0.1, 0.15) is 36.1 Å². The van der Waals surface area contributed by atoms with E-state index in [9.17, 15) is 23.1 Å². The minimum Gasteiger partial charge on any atom is -0.387 e. The monoisotopic (exact) mass is 401 g/mol. The van der Waals surface area contributed by atoms with Crippen molar-refractivity contribution in [1.29, 1.82) is 0 Å². The van der Waals surface area contributed by atoms with E-state index in [1.807, 2.05) is 19.1 Å². The van der Waals surface area contributed by atoms with Gasteiger partial charge >= 0.3 is 11.8 Å². The predicted octanol–water partition coefficient (Wildman–Crippen LogP) is 4.19. The second-order valence-electron chi connectivity index (χ2n) is 6.00. The molecule has 0 aliphatic rings. The molecule has 1 aromatic carbocycles. The lowest BCUT2D eigenvalue weighted by atomic mass is 10.1. The van der Waals surface area contributed by atoms with E-state index >= 15 is 0 Å². The van der Waals surface area contributed by atoms with Crippen molar-refractivity contribution in [3.63, 3.8) is 0 Å². The Morgan fingerprint density at radius 2 is 1.85 bits per heavy atom. The van der Waals surface area contributed by atoms with E-state index in [0.29, 0.717) is 10.6 Å². The molecule has 0 amide bonds. The normalized spacial score (nSPS) is 12.6. The topological polar surface area (TPSA) is 92.0 Å². The van der Waals surface area contributed by atoms with Gasteiger partial charge in [-0.25, -0.2) is 9.78 Å². The molecule has 1 atom stereocenters. The van der Waals surface area contributed by atoms with Crippen LogP contribution in [-0.4, -0.2) is 20.5 Å². The average Bonchev–Trinajstić information content (AvgIpc) is 3.23. The smallest absolute Gasteiger partial charge is 0.387 e. The second-order valence-corrected chi connectivity index (χ2v) is 7.03. The Bertz CT molecular complexity index is 897. The Hall–Kier alpha value is -2.46. The second kappa shape index (κ2) is 8.49. The van der Waals surface area contributed by atoms with Crippen molar-refractivity contribution in [3.8, 4) is 10.6 Å². The van der Waals surface area contributed by atoms with Crippen molar-refractivity contribution in [1.82, 2.24) is 15.4 Å². The van der Waals surface area contributed by atoms with Crippen LogP contribution >= 0.6 is 11.3 Å². The fourth-order valence-electron chi connectivity index (χ4n) is 2.09. The van der Waals surface area contributed by atoms with Gasteiger partial charge in [-0.2, -0.15) is 13.2 Å². The number of hydrogen-bond acceptors (Lipinski definition) is 6. The maximum atomic E-state index is 12.5. The number of aliphatic hydroxyl groups is 1. The lowest BCUT2D eigenvalue weighted by Crippen LogP contribution is -2.04. The number of aliphatic hydroxyl groups excluding tert-OH is 1. The van der Waals surface area contributed by atoms with Gasteiger partial charge in [-0.3, -0.25) is 0 Å². The van der Waals surface area contributed by atoms with Gasteiger partial charge in [0.25, 0.3) is 0 Å². The average molecular weight is 401 g/mol. The van der Waals surface area contributed by atoms with Crippen LogP contribution < -0.4 is 5.63 Å². The van der Waals surface area contributed by atoms with Crippen molar-refractivity contribution in [3.05, 3.63) is 57.0 Å². The summed E-state index contributed by atoms with van der Waals surface area (Å²) in [5.74, 6) is 0.0598. The van der Waals surface area contributed by atoms with Crippen LogP contribution in [0.15, 0.2) is 39.8 Å². The summed E-state index contributed by atoms with van der Waals surface area (Å²) in [5.41, 5.74) is 0.214. The summed E-state index contributed by atoms with van der Waals surface area (Å²) in [4.78, 5) is 14.9. The minimum atomic E-state index is -4.34. The number of nitrogens with one attached hydrogen (secondary N) is 1. The van der Waals surface area contributed by atoms with E-state index < -0.39 is 23.5 Å². The number of aromatic amines is 1. The van der Waals surface area contributed by atoms with E-state index in [4.69, 9.17) is 0 Å². The number of halogens is 3. The molecule has 1 unspecified atom stereocenters. The number of aryl methyl sites for hydroxylation is 1. The number of aromatic nitrogens is 3. The third-order valence-corrected chi connectivity index (χ3v) is 4.84. The first-order valence-corrected chi connectivity index (χ1v) is 8.73. The lowest BCUT2D eigenvalue weighted by molar-refractivity contribution is -0.137. The molecule has 0 saturated heterocycles. The van der Waals surface area contributed by atoms with Gasteiger partial charge in [-0.1, -0.05) is 26.0 Å². The highest BCUT2D eigenvalue weighted by Crippen LogP contribution is 2.36. The van der Waals surface area contributed by atoms with Crippen LogP contribution in [0.5, 0.6) is 0 Å². The van der Waals surface area contributed by atoms with Crippen LogP contribution in [-0.2, 0) is 6.18 Å². The summed E-state index contributed by atoms with van der Waals surface area (Å²) in [6.07, 6.45) is -3.89. The zero-order valence-corrected chi connectivity index (χ0v) is 15.6. The zero-order chi connectivity index (χ0) is 20.2. The van der Waals surface area contributed by atoms with Gasteiger partial charge in [0.05, 0.1) is 22.2 Å². The third kappa shape index (κ3) is 5.51. The van der Waals surface area contributed by atoms with Crippen molar-refractivity contribution < 1.29 is 22.8 Å². The van der Waals surface area contributed by atoms with Gasteiger partial charge in [0.2, 0.25) is 0 Å². The molecular formula is C17H18F3N3O3S. The standard InChI is InChI=1S/C15H16F3NOS.C2H2N2O2/c1-8(2)12(20)13-9(3)19-14(21-13)10-4-6-11(7-5-10)15(16,17)18;5-2-1-3-4-6-2/h4-8,12,20H,1-3H3;1,4H. The molecule has 0 bridgehead atoms. The van der Waals surface area contributed by atoms with Gasteiger partial charge in [0, 0.05) is 5.56 Å². The summed E-state index contributed by atoms with van der Waals surface area (Å²) in [6, 6.07) is 4.91. The highest BCUT2D eigenvalue weighted by atomic mass is 32.1. The maximum absolute atomic E-state index is 12.5. The van der Waals surface area contributed by atoms with Crippen molar-refractivity contribution in [2.75, 3.05) is 0 Å². The highest BCUT2D eigenvalue weighted by molar-refractivity contribution is 7.15. The van der Waals surface area contributed by atoms with E-state index in [0.717, 1.165) is 28.9 Å². The molecular weight excluding hydrogens is 383 g/mol. The molecule has 2 heterocycles. The van der Waals surface area contributed by atoms with E-state index in [2.05, 4.69) is 14.6 Å². The zero-order valence-electron chi connectivity index (χ0n) is 14.7. The molecule has 10 heteroatoms. The molecule has 0 spiro atoms. The first-order chi connectivity index (χ1) is 12.6. The molecule has 0 aliphatic carbocycles. The molecule has 146 valence electrons. The van der Waals surface area contributed by atoms with Crippen molar-refractivity contribution >= 4 is 11.3 Å². The third-order valence-electron chi connectivity index (χ3n) is 3.56. The van der Waals surface area contributed by atoms with E-state index in [1.165, 1.54) is 23.5 Å². The number of H-pyrrole nitrogens is 1. The lowest BCUT2D eigenvalue weighted by Gasteiger charge is -2.12. The molecule has 0 fully saturated rings. The molecule has 0 saturated carbocycles. The molecule has 3 aromatic rings. The summed E-state index contributed by atoms with van der Waals surface area (Å²) in [7, 11) is 0. The fourth-order valence-corrected chi connectivity index (χ4v) is 3.32. The van der Waals surface area contributed by atoms with Gasteiger partial charge in [0.15, 0.2) is 0 Å². The summed E-state index contributed by atoms with van der Waals surface area (Å²) >= 11 is 1.32. The number of thiazole rings is 1. The predicted molar refractivity (Wildman–Crippen MR) is 94.2 cm³/mol. The van der Waals surface area contributed by atoms with Crippen molar-refractivity contribution in [2.24, 2.45) is 5.92 Å². The molecule has 3 rings (SSSR count). The Morgan fingerprint density at radius 3 is 2.26 bits per heavy atom. The number of rotatable bonds is 3. The Kier molecular flexibility index (Phi) is 6.55. The number of nitrogens with zero attached hydrogens (tertiary/aromatic N) is 2. The van der Waals surface area contributed by atoms with Gasteiger partial charge < -0.3 is 9.63 Å². The van der Waals surface area contributed by atoms with Gasteiger partial charge in [0.1, 0.15) is 11.2 Å². The van der Waals surface area contributed by atoms with Crippen LogP contribution in [0.3, 0.4) is 0 Å². The Balaban J connectivity index is 0.000000369. The van der Waals surface area contributed by atoms with Gasteiger partial charge in [-0.15, -0.1) is 21.7 Å². The Morgan fingerprint density at radius 1 is 1.22 bits per heavy atom. The largest absolute Gasteiger partial charge is 0.416 e. The Labute approximate surface area is 156 Å². The molecule has 2 aromatic heterocycles. The first kappa shape index (κ1) is 20.8. The molecule has 27 heavy (non-hydrogen) atoms. The van der Waals surface area contributed by atoms with Crippen molar-refractivity contribution in [2.45, 2.75) is 33.1 Å². The molecule has 0 aliphatic heterocycles. The van der Waals surface area contributed by atoms with Crippen LogP contribution in [0.25, 0.3) is 10.6 Å². The van der Waals surface area contributed by atoms with Crippen LogP contribution in [0.4, 0.5) is 13.2 Å².